The maximum atomic E-state index is 13.3. The van der Waals surface area contributed by atoms with Crippen LogP contribution in [-0.4, -0.2) is 5.78 Å². The Morgan fingerprint density at radius 2 is 1.71 bits per heavy atom. The molecule has 0 spiro atoms. The highest BCUT2D eigenvalue weighted by atomic mass is 79.9. The molecule has 0 bridgehead atoms. The molecule has 88 valence electrons. The van der Waals surface area contributed by atoms with Crippen molar-refractivity contribution in [2.45, 2.75) is 0 Å². The summed E-state index contributed by atoms with van der Waals surface area (Å²) in [5.41, 5.74) is -0.513. The van der Waals surface area contributed by atoms with Crippen LogP contribution in [0.25, 0.3) is 0 Å². The summed E-state index contributed by atoms with van der Waals surface area (Å²) in [5, 5.41) is 0. The zero-order valence-electron chi connectivity index (χ0n) is 8.14. The number of halogens is 4. The van der Waals surface area contributed by atoms with E-state index in [1.165, 1.54) is 12.3 Å². The van der Waals surface area contributed by atoms with E-state index in [0.29, 0.717) is 12.1 Å². The van der Waals surface area contributed by atoms with E-state index in [-0.39, 0.29) is 10.2 Å². The van der Waals surface area contributed by atoms with Crippen molar-refractivity contribution in [1.29, 1.82) is 0 Å². The van der Waals surface area contributed by atoms with E-state index in [2.05, 4.69) is 15.9 Å². The zero-order valence-corrected chi connectivity index (χ0v) is 9.72. The third-order valence-corrected chi connectivity index (χ3v) is 2.73. The second-order valence-electron chi connectivity index (χ2n) is 3.18. The predicted molar refractivity (Wildman–Crippen MR) is 56.2 cm³/mol. The van der Waals surface area contributed by atoms with Crippen molar-refractivity contribution >= 4 is 21.7 Å². The van der Waals surface area contributed by atoms with Crippen LogP contribution in [0.4, 0.5) is 13.2 Å². The molecule has 0 fully saturated rings. The highest BCUT2D eigenvalue weighted by molar-refractivity contribution is 9.10. The standard InChI is InChI=1S/C11H4BrF3O2/c12-11-5(1-2-17-11)10(16)6-3-8(14)9(15)4-7(6)13/h1-4H. The zero-order chi connectivity index (χ0) is 12.6. The maximum absolute atomic E-state index is 13.3. The molecule has 0 saturated heterocycles. The monoisotopic (exact) mass is 304 g/mol. The SMILES string of the molecule is O=C(c1cc(F)c(F)cc1F)c1ccoc1Br. The number of rotatable bonds is 2. The lowest BCUT2D eigenvalue weighted by Gasteiger charge is -2.02. The van der Waals surface area contributed by atoms with E-state index < -0.39 is 28.8 Å². The fourth-order valence-corrected chi connectivity index (χ4v) is 1.72. The average Bonchev–Trinajstić information content (AvgIpc) is 2.69. The van der Waals surface area contributed by atoms with Gasteiger partial charge in [-0.1, -0.05) is 0 Å². The molecule has 0 aliphatic rings. The van der Waals surface area contributed by atoms with Crippen molar-refractivity contribution in [3.05, 3.63) is 57.7 Å². The van der Waals surface area contributed by atoms with Crippen LogP contribution in [0.1, 0.15) is 15.9 Å². The van der Waals surface area contributed by atoms with Gasteiger partial charge in [0, 0.05) is 6.07 Å². The lowest BCUT2D eigenvalue weighted by Crippen LogP contribution is -2.05. The van der Waals surface area contributed by atoms with Crippen LogP contribution in [-0.2, 0) is 0 Å². The molecule has 1 aromatic carbocycles. The number of furan rings is 1. The summed E-state index contributed by atoms with van der Waals surface area (Å²) in [4.78, 5) is 11.8. The molecule has 0 N–H and O–H groups in total. The van der Waals surface area contributed by atoms with Crippen LogP contribution in [0.3, 0.4) is 0 Å². The molecule has 0 aliphatic carbocycles. The Hall–Kier alpha value is -1.56. The smallest absolute Gasteiger partial charge is 0.200 e. The van der Waals surface area contributed by atoms with Crippen LogP contribution >= 0.6 is 15.9 Å². The van der Waals surface area contributed by atoms with Crippen molar-refractivity contribution in [2.24, 2.45) is 0 Å². The largest absolute Gasteiger partial charge is 0.457 e. The van der Waals surface area contributed by atoms with Crippen molar-refractivity contribution in [2.75, 3.05) is 0 Å². The van der Waals surface area contributed by atoms with Crippen molar-refractivity contribution < 1.29 is 22.4 Å². The molecule has 0 amide bonds. The van der Waals surface area contributed by atoms with Crippen LogP contribution in [0.5, 0.6) is 0 Å². The average molecular weight is 305 g/mol. The first kappa shape index (κ1) is 11.9. The second-order valence-corrected chi connectivity index (χ2v) is 3.90. The Morgan fingerprint density at radius 1 is 1.06 bits per heavy atom. The summed E-state index contributed by atoms with van der Waals surface area (Å²) >= 11 is 2.94. The Labute approximate surface area is 102 Å². The Balaban J connectivity index is 2.52. The van der Waals surface area contributed by atoms with Gasteiger partial charge in [-0.3, -0.25) is 4.79 Å². The topological polar surface area (TPSA) is 30.2 Å². The fourth-order valence-electron chi connectivity index (χ4n) is 1.30. The van der Waals surface area contributed by atoms with Gasteiger partial charge in [0.2, 0.25) is 5.78 Å². The molecule has 0 aliphatic heterocycles. The maximum Gasteiger partial charge on any atom is 0.200 e. The number of ketones is 1. The molecule has 1 heterocycles. The van der Waals surface area contributed by atoms with Gasteiger partial charge in [-0.15, -0.1) is 0 Å². The normalized spacial score (nSPS) is 10.6. The van der Waals surface area contributed by atoms with Gasteiger partial charge in [0.05, 0.1) is 17.4 Å². The van der Waals surface area contributed by atoms with Crippen LogP contribution in [0, 0.1) is 17.5 Å². The Kier molecular flexibility index (Phi) is 3.06. The first-order chi connectivity index (χ1) is 8.00. The molecule has 2 nitrogen and oxygen atoms in total. The summed E-state index contributed by atoms with van der Waals surface area (Å²) in [5.74, 6) is -4.54. The molecular formula is C11H4BrF3O2. The molecule has 2 rings (SSSR count). The molecule has 6 heteroatoms. The molecule has 2 aromatic rings. The van der Waals surface area contributed by atoms with Gasteiger partial charge >= 0.3 is 0 Å². The molecule has 17 heavy (non-hydrogen) atoms. The number of hydrogen-bond donors (Lipinski definition) is 0. The summed E-state index contributed by atoms with van der Waals surface area (Å²) in [6.07, 6.45) is 1.22. The summed E-state index contributed by atoms with van der Waals surface area (Å²) in [6.45, 7) is 0. The minimum atomic E-state index is -1.34. The predicted octanol–water partition coefficient (Wildman–Crippen LogP) is 3.69. The van der Waals surface area contributed by atoms with Gasteiger partial charge in [-0.2, -0.15) is 0 Å². The van der Waals surface area contributed by atoms with E-state index >= 15 is 0 Å². The van der Waals surface area contributed by atoms with Gasteiger partial charge in [0.1, 0.15) is 5.82 Å². The highest BCUT2D eigenvalue weighted by Crippen LogP contribution is 2.23. The summed E-state index contributed by atoms with van der Waals surface area (Å²) in [7, 11) is 0. The first-order valence-corrected chi connectivity index (χ1v) is 5.22. The van der Waals surface area contributed by atoms with Gasteiger partial charge in [-0.25, -0.2) is 13.2 Å². The third kappa shape index (κ3) is 2.12. The van der Waals surface area contributed by atoms with Crippen molar-refractivity contribution in [3.8, 4) is 0 Å². The molecule has 0 saturated carbocycles. The van der Waals surface area contributed by atoms with E-state index in [9.17, 15) is 18.0 Å². The second kappa shape index (κ2) is 4.37. The molecule has 1 aromatic heterocycles. The number of carbonyl (C=O) groups is 1. The fraction of sp³-hybridized carbons (Fsp3) is 0. The number of carbonyl (C=O) groups excluding carboxylic acids is 1. The first-order valence-electron chi connectivity index (χ1n) is 4.43. The number of benzene rings is 1. The summed E-state index contributed by atoms with van der Waals surface area (Å²) < 4.78 is 43.9. The van der Waals surface area contributed by atoms with Crippen molar-refractivity contribution in [3.63, 3.8) is 0 Å². The van der Waals surface area contributed by atoms with Crippen LogP contribution < -0.4 is 0 Å². The quantitative estimate of drug-likeness (QED) is 0.626. The Bertz CT molecular complexity index is 592. The molecule has 0 atom stereocenters. The van der Waals surface area contributed by atoms with Gasteiger partial charge in [0.15, 0.2) is 16.3 Å². The minimum absolute atomic E-state index is 0.0370. The van der Waals surface area contributed by atoms with Crippen LogP contribution in [0.2, 0.25) is 0 Å². The van der Waals surface area contributed by atoms with Gasteiger partial charge < -0.3 is 4.42 Å². The van der Waals surface area contributed by atoms with Crippen molar-refractivity contribution in [1.82, 2.24) is 0 Å². The Morgan fingerprint density at radius 3 is 2.29 bits per heavy atom. The van der Waals surface area contributed by atoms with E-state index in [0.717, 1.165) is 0 Å². The molecular weight excluding hydrogens is 301 g/mol. The van der Waals surface area contributed by atoms with E-state index in [1.54, 1.807) is 0 Å². The number of hydrogen-bond acceptors (Lipinski definition) is 2. The lowest BCUT2D eigenvalue weighted by molar-refractivity contribution is 0.103. The van der Waals surface area contributed by atoms with Crippen LogP contribution in [0.15, 0.2) is 33.5 Å². The highest BCUT2D eigenvalue weighted by Gasteiger charge is 2.20. The van der Waals surface area contributed by atoms with Gasteiger partial charge in [0.25, 0.3) is 0 Å². The minimum Gasteiger partial charge on any atom is -0.457 e. The molecule has 0 unspecified atom stereocenters. The third-order valence-electron chi connectivity index (χ3n) is 2.12. The lowest BCUT2D eigenvalue weighted by atomic mass is 10.1. The molecule has 0 radical (unpaired) electrons. The van der Waals surface area contributed by atoms with E-state index in [1.807, 2.05) is 0 Å². The van der Waals surface area contributed by atoms with Gasteiger partial charge in [-0.05, 0) is 28.1 Å². The summed E-state index contributed by atoms with van der Waals surface area (Å²) in [6, 6.07) is 2.15. The van der Waals surface area contributed by atoms with E-state index in [4.69, 9.17) is 4.42 Å².